The lowest BCUT2D eigenvalue weighted by atomic mass is 9.82. The van der Waals surface area contributed by atoms with Crippen LogP contribution in [0.15, 0.2) is 108 Å². The number of carbonyl (C=O) groups excluding carboxylic acids is 3. The second-order valence-electron chi connectivity index (χ2n) is 15.2. The molecule has 1 saturated heterocycles. The molecule has 3 aliphatic rings. The standard InChI is InChI=1S/C42H45N5O8Si/c1-28-40(56(2,3)54)37(25-39(50)44(22-23-48)26-29-10-6-4-7-11-29)55-42(28)34-24-33(47(52)53)18-20-36(34)45(41(42)51)27-30-14-16-32(17-15-30)46-38(49)21-19-35(43-46)31-12-8-5-9-13-31/h4-18,20,24,28,37,40,48,54H,19,21-23,25-27H2,1-3H3/t28-,37+,40-,42+/m0/s1. The van der Waals surface area contributed by atoms with E-state index in [0.29, 0.717) is 29.8 Å². The van der Waals surface area contributed by atoms with E-state index >= 15 is 0 Å². The van der Waals surface area contributed by atoms with Gasteiger partial charge < -0.3 is 24.4 Å². The molecule has 0 aromatic heterocycles. The van der Waals surface area contributed by atoms with Crippen molar-refractivity contribution in [1.29, 1.82) is 0 Å². The first-order valence-electron chi connectivity index (χ1n) is 18.8. The van der Waals surface area contributed by atoms with Gasteiger partial charge in [-0.05, 0) is 48.0 Å². The van der Waals surface area contributed by atoms with Gasteiger partial charge in [-0.2, -0.15) is 5.10 Å². The van der Waals surface area contributed by atoms with Crippen molar-refractivity contribution in [3.8, 4) is 0 Å². The van der Waals surface area contributed by atoms with E-state index < -0.39 is 42.3 Å². The summed E-state index contributed by atoms with van der Waals surface area (Å²) < 4.78 is 6.80. The molecule has 2 N–H and O–H groups in total. The van der Waals surface area contributed by atoms with Crippen molar-refractivity contribution in [1.82, 2.24) is 4.90 Å². The van der Waals surface area contributed by atoms with Crippen molar-refractivity contribution in [3.05, 3.63) is 135 Å². The molecule has 1 fully saturated rings. The van der Waals surface area contributed by atoms with Gasteiger partial charge in [0.25, 0.3) is 11.6 Å². The van der Waals surface area contributed by atoms with Gasteiger partial charge in [-0.1, -0.05) is 79.7 Å². The number of anilines is 2. The van der Waals surface area contributed by atoms with E-state index in [0.717, 1.165) is 22.4 Å². The zero-order valence-corrected chi connectivity index (χ0v) is 32.6. The molecule has 0 aliphatic carbocycles. The number of aliphatic hydroxyl groups excluding tert-OH is 1. The number of non-ortho nitro benzene ring substituents is 1. The smallest absolute Gasteiger partial charge is 0.269 e. The maximum absolute atomic E-state index is 15.0. The number of hydrogen-bond acceptors (Lipinski definition) is 9. The van der Waals surface area contributed by atoms with Crippen molar-refractivity contribution in [3.63, 3.8) is 0 Å². The third-order valence-electron chi connectivity index (χ3n) is 11.2. The minimum absolute atomic E-state index is 0.0821. The molecule has 4 atom stereocenters. The summed E-state index contributed by atoms with van der Waals surface area (Å²) in [6, 6.07) is 30.5. The zero-order valence-electron chi connectivity index (χ0n) is 31.6. The predicted octanol–water partition coefficient (Wildman–Crippen LogP) is 5.88. The number of hydrazone groups is 1. The fourth-order valence-corrected chi connectivity index (χ4v) is 11.1. The highest BCUT2D eigenvalue weighted by atomic mass is 28.4. The summed E-state index contributed by atoms with van der Waals surface area (Å²) in [6.45, 7) is 5.48. The van der Waals surface area contributed by atoms with Gasteiger partial charge in [0.1, 0.15) is 0 Å². The predicted molar refractivity (Wildman–Crippen MR) is 213 cm³/mol. The van der Waals surface area contributed by atoms with Crippen LogP contribution in [-0.4, -0.2) is 70.7 Å². The topological polar surface area (TPSA) is 166 Å². The number of rotatable bonds is 12. The average molecular weight is 776 g/mol. The summed E-state index contributed by atoms with van der Waals surface area (Å²) in [4.78, 5) is 68.2. The first-order valence-corrected chi connectivity index (χ1v) is 21.8. The number of benzene rings is 4. The molecular formula is C42H45N5O8Si. The van der Waals surface area contributed by atoms with Gasteiger partial charge in [-0.3, -0.25) is 24.5 Å². The van der Waals surface area contributed by atoms with Crippen LogP contribution in [0.1, 0.15) is 48.4 Å². The number of ether oxygens (including phenoxy) is 1. The van der Waals surface area contributed by atoms with E-state index in [4.69, 9.17) is 4.74 Å². The van der Waals surface area contributed by atoms with Crippen LogP contribution < -0.4 is 9.91 Å². The molecule has 0 radical (unpaired) electrons. The van der Waals surface area contributed by atoms with Crippen LogP contribution in [-0.2, 0) is 37.8 Å². The first kappa shape index (κ1) is 38.7. The average Bonchev–Trinajstić information content (AvgIpc) is 3.61. The summed E-state index contributed by atoms with van der Waals surface area (Å²) >= 11 is 0. The number of hydrogen-bond donors (Lipinski definition) is 2. The Labute approximate surface area is 326 Å². The van der Waals surface area contributed by atoms with Crippen molar-refractivity contribution >= 4 is 48.8 Å². The van der Waals surface area contributed by atoms with Crippen molar-refractivity contribution in [2.75, 3.05) is 23.1 Å². The number of amides is 3. The Hall–Kier alpha value is -5.54. The van der Waals surface area contributed by atoms with Crippen LogP contribution in [0.4, 0.5) is 17.1 Å². The molecule has 3 amide bonds. The highest BCUT2D eigenvalue weighted by molar-refractivity contribution is 6.71. The summed E-state index contributed by atoms with van der Waals surface area (Å²) in [5.74, 6) is -1.54. The lowest BCUT2D eigenvalue weighted by Gasteiger charge is -2.32. The van der Waals surface area contributed by atoms with E-state index in [1.807, 2.05) is 79.7 Å². The Bertz CT molecular complexity index is 2160. The SMILES string of the molecule is C[C@H]1[C@H]([Si](C)(C)O)[C@@H](CC(=O)N(CCO)Cc2ccccc2)O[C@]12C(=O)N(Cc1ccc(N3N=C(c4ccccc4)CCC3=O)cc1)c1ccc([N+](=O)[O-])cc12. The van der Waals surface area contributed by atoms with Gasteiger partial charge in [0.2, 0.25) is 11.8 Å². The number of carbonyl (C=O) groups is 3. The molecule has 4 aromatic rings. The van der Waals surface area contributed by atoms with Gasteiger partial charge in [0, 0.05) is 55.1 Å². The maximum Gasteiger partial charge on any atom is 0.269 e. The Morgan fingerprint density at radius 3 is 2.30 bits per heavy atom. The third kappa shape index (κ3) is 7.28. The minimum atomic E-state index is -3.17. The lowest BCUT2D eigenvalue weighted by molar-refractivity contribution is -0.385. The quantitative estimate of drug-likeness (QED) is 0.102. The minimum Gasteiger partial charge on any atom is -0.432 e. The van der Waals surface area contributed by atoms with Gasteiger partial charge in [0.15, 0.2) is 13.9 Å². The summed E-state index contributed by atoms with van der Waals surface area (Å²) in [5.41, 5.74) is 2.16. The molecule has 3 aliphatic heterocycles. The maximum atomic E-state index is 15.0. The Kier molecular flexibility index (Phi) is 10.7. The molecule has 7 rings (SSSR count). The number of fused-ring (bicyclic) bond motifs is 2. The van der Waals surface area contributed by atoms with Gasteiger partial charge in [0.05, 0.1) is 47.7 Å². The third-order valence-corrected chi connectivity index (χ3v) is 13.7. The van der Waals surface area contributed by atoms with Crippen LogP contribution in [0.3, 0.4) is 0 Å². The number of nitro benzene ring substituents is 1. The second kappa shape index (κ2) is 15.5. The highest BCUT2D eigenvalue weighted by Gasteiger charge is 2.66. The van der Waals surface area contributed by atoms with Crippen molar-refractivity contribution < 1.29 is 33.9 Å². The van der Waals surface area contributed by atoms with E-state index in [2.05, 4.69) is 5.10 Å². The van der Waals surface area contributed by atoms with E-state index in [9.17, 15) is 34.4 Å². The van der Waals surface area contributed by atoms with E-state index in [1.54, 1.807) is 36.2 Å². The van der Waals surface area contributed by atoms with Crippen LogP contribution in [0.2, 0.25) is 18.6 Å². The van der Waals surface area contributed by atoms with Gasteiger partial charge in [-0.25, -0.2) is 5.01 Å². The summed E-state index contributed by atoms with van der Waals surface area (Å²) in [5, 5.41) is 28.0. The van der Waals surface area contributed by atoms with E-state index in [-0.39, 0.29) is 50.2 Å². The number of nitrogens with zero attached hydrogens (tertiary/aromatic N) is 5. The molecule has 0 saturated carbocycles. The monoisotopic (exact) mass is 775 g/mol. The van der Waals surface area contributed by atoms with Crippen molar-refractivity contribution in [2.24, 2.45) is 11.0 Å². The molecule has 14 heteroatoms. The molecule has 56 heavy (non-hydrogen) atoms. The molecular weight excluding hydrogens is 731 g/mol. The molecule has 13 nitrogen and oxygen atoms in total. The molecule has 290 valence electrons. The van der Waals surface area contributed by atoms with E-state index in [1.165, 1.54) is 22.0 Å². The largest absolute Gasteiger partial charge is 0.432 e. The fraction of sp³-hybridized carbons (Fsp3) is 0.333. The Morgan fingerprint density at radius 1 is 0.982 bits per heavy atom. The number of aliphatic hydroxyl groups is 1. The first-order chi connectivity index (χ1) is 26.8. The van der Waals surface area contributed by atoms with Crippen molar-refractivity contribution in [2.45, 2.75) is 69.6 Å². The fourth-order valence-electron chi connectivity index (χ4n) is 8.57. The lowest BCUT2D eigenvalue weighted by Crippen LogP contribution is -2.46. The van der Waals surface area contributed by atoms with Crippen LogP contribution in [0.5, 0.6) is 0 Å². The molecule has 4 aromatic carbocycles. The zero-order chi connectivity index (χ0) is 39.8. The summed E-state index contributed by atoms with van der Waals surface area (Å²) in [6.07, 6.45) is -0.202. The van der Waals surface area contributed by atoms with Gasteiger partial charge in [-0.15, -0.1) is 0 Å². The van der Waals surface area contributed by atoms with Crippen LogP contribution in [0, 0.1) is 16.0 Å². The molecule has 1 spiro atoms. The Balaban J connectivity index is 1.19. The highest BCUT2D eigenvalue weighted by Crippen LogP contribution is 2.60. The Morgan fingerprint density at radius 2 is 1.66 bits per heavy atom. The summed E-state index contributed by atoms with van der Waals surface area (Å²) in [7, 11) is -3.17. The van der Waals surface area contributed by atoms with Crippen LogP contribution in [0.25, 0.3) is 0 Å². The van der Waals surface area contributed by atoms with Crippen LogP contribution >= 0.6 is 0 Å². The number of nitro groups is 1. The molecule has 0 unspecified atom stereocenters. The normalized spacial score (nSPS) is 22.0. The van der Waals surface area contributed by atoms with Gasteiger partial charge >= 0.3 is 0 Å². The molecule has 0 bridgehead atoms. The molecule has 3 heterocycles. The second-order valence-corrected chi connectivity index (χ2v) is 19.2.